The van der Waals surface area contributed by atoms with Gasteiger partial charge in [0.1, 0.15) is 11.8 Å². The number of nitrogens with zero attached hydrogens (tertiary/aromatic N) is 2. The quantitative estimate of drug-likeness (QED) is 0.554. The molecule has 0 unspecified atom stereocenters. The number of methoxy groups -OCH3 is 1. The molecule has 5 nitrogen and oxygen atoms in total. The fourth-order valence-electron chi connectivity index (χ4n) is 2.60. The normalized spacial score (nSPS) is 17.1. The predicted molar refractivity (Wildman–Crippen MR) is 98.0 cm³/mol. The van der Waals surface area contributed by atoms with Gasteiger partial charge in [0, 0.05) is 24.6 Å². The fourth-order valence-corrected chi connectivity index (χ4v) is 2.71. The van der Waals surface area contributed by atoms with Crippen LogP contribution in [0.1, 0.15) is 24.0 Å². The lowest BCUT2D eigenvalue weighted by atomic mass is 10.2. The molecule has 132 valence electrons. The van der Waals surface area contributed by atoms with Crippen LogP contribution in [0.4, 0.5) is 0 Å². The van der Waals surface area contributed by atoms with E-state index in [1.165, 1.54) is 0 Å². The number of aromatic nitrogens is 1. The first-order chi connectivity index (χ1) is 12.2. The van der Waals surface area contributed by atoms with Gasteiger partial charge in [0.15, 0.2) is 11.5 Å². The molecule has 1 aliphatic heterocycles. The standard InChI is InChI=1S/C19H21ClN2O3/c1-23-18-9-14(10-21-12-16-3-2-8-24-16)4-6-17(18)25-13-15-5-7-19(20)22-11-15/h4-7,9-11,16H,2-3,8,12-13H2,1H3/t16-/m0/s1. The van der Waals surface area contributed by atoms with Crippen LogP contribution in [0.2, 0.25) is 5.15 Å². The van der Waals surface area contributed by atoms with Crippen LogP contribution in [0.15, 0.2) is 41.5 Å². The van der Waals surface area contributed by atoms with Gasteiger partial charge < -0.3 is 14.2 Å². The summed E-state index contributed by atoms with van der Waals surface area (Å²) in [5.74, 6) is 1.34. The molecule has 1 atom stereocenters. The molecule has 3 rings (SSSR count). The Labute approximate surface area is 152 Å². The van der Waals surface area contributed by atoms with Crippen molar-refractivity contribution in [3.05, 3.63) is 52.8 Å². The van der Waals surface area contributed by atoms with E-state index in [1.54, 1.807) is 19.4 Å². The molecule has 25 heavy (non-hydrogen) atoms. The van der Waals surface area contributed by atoms with E-state index in [9.17, 15) is 0 Å². The molecule has 0 bridgehead atoms. The predicted octanol–water partition coefficient (Wildman–Crippen LogP) is 3.92. The van der Waals surface area contributed by atoms with Gasteiger partial charge in [-0.2, -0.15) is 0 Å². The number of halogens is 1. The Morgan fingerprint density at radius 1 is 1.32 bits per heavy atom. The third-order valence-electron chi connectivity index (χ3n) is 3.94. The summed E-state index contributed by atoms with van der Waals surface area (Å²) < 4.78 is 16.8. The lowest BCUT2D eigenvalue weighted by molar-refractivity contribution is 0.118. The molecule has 0 spiro atoms. The van der Waals surface area contributed by atoms with Gasteiger partial charge in [-0.1, -0.05) is 17.7 Å². The summed E-state index contributed by atoms with van der Waals surface area (Å²) in [4.78, 5) is 8.50. The van der Waals surface area contributed by atoms with E-state index in [-0.39, 0.29) is 6.10 Å². The van der Waals surface area contributed by atoms with E-state index in [1.807, 2.05) is 30.5 Å². The van der Waals surface area contributed by atoms with Crippen molar-refractivity contribution in [1.29, 1.82) is 0 Å². The molecule has 0 N–H and O–H groups in total. The second-order valence-electron chi connectivity index (χ2n) is 5.82. The number of hydrogen-bond donors (Lipinski definition) is 0. The molecule has 0 aliphatic carbocycles. The van der Waals surface area contributed by atoms with Crippen LogP contribution in [-0.2, 0) is 11.3 Å². The van der Waals surface area contributed by atoms with Gasteiger partial charge in [0.05, 0.1) is 19.8 Å². The molecule has 0 radical (unpaired) electrons. The minimum atomic E-state index is 0.258. The summed E-state index contributed by atoms with van der Waals surface area (Å²) in [6.07, 6.45) is 6.02. The number of pyridine rings is 1. The van der Waals surface area contributed by atoms with Gasteiger partial charge >= 0.3 is 0 Å². The van der Waals surface area contributed by atoms with Crippen LogP contribution in [0.3, 0.4) is 0 Å². The highest BCUT2D eigenvalue weighted by Gasteiger charge is 2.14. The van der Waals surface area contributed by atoms with Gasteiger partial charge in [-0.15, -0.1) is 0 Å². The molecule has 1 fully saturated rings. The van der Waals surface area contributed by atoms with Crippen molar-refractivity contribution in [3.8, 4) is 11.5 Å². The molecule has 1 aromatic carbocycles. The number of hydrogen-bond acceptors (Lipinski definition) is 5. The number of aliphatic imine (C=N–C) groups is 1. The zero-order chi connectivity index (χ0) is 17.5. The summed E-state index contributed by atoms with van der Waals surface area (Å²) >= 11 is 5.78. The highest BCUT2D eigenvalue weighted by atomic mass is 35.5. The molecule has 6 heteroatoms. The van der Waals surface area contributed by atoms with E-state index < -0.39 is 0 Å². The highest BCUT2D eigenvalue weighted by Crippen LogP contribution is 2.28. The smallest absolute Gasteiger partial charge is 0.161 e. The zero-order valence-corrected chi connectivity index (χ0v) is 14.9. The molecule has 2 aromatic rings. The molecule has 1 aromatic heterocycles. The number of ether oxygens (including phenoxy) is 3. The number of rotatable bonds is 7. The second kappa shape index (κ2) is 8.83. The van der Waals surface area contributed by atoms with Crippen molar-refractivity contribution < 1.29 is 14.2 Å². The lowest BCUT2D eigenvalue weighted by Gasteiger charge is -2.11. The summed E-state index contributed by atoms with van der Waals surface area (Å²) in [5, 5.41) is 0.466. The minimum Gasteiger partial charge on any atom is -0.493 e. The molecular weight excluding hydrogens is 340 g/mol. The maximum absolute atomic E-state index is 5.82. The van der Waals surface area contributed by atoms with Crippen molar-refractivity contribution in [3.63, 3.8) is 0 Å². The molecule has 2 heterocycles. The van der Waals surface area contributed by atoms with Gasteiger partial charge in [-0.25, -0.2) is 4.98 Å². The Morgan fingerprint density at radius 3 is 2.96 bits per heavy atom. The average Bonchev–Trinajstić information content (AvgIpc) is 3.15. The van der Waals surface area contributed by atoms with Crippen LogP contribution >= 0.6 is 11.6 Å². The van der Waals surface area contributed by atoms with Crippen molar-refractivity contribution >= 4 is 17.8 Å². The van der Waals surface area contributed by atoms with Gasteiger partial charge in [0.2, 0.25) is 0 Å². The Balaban J connectivity index is 1.60. The summed E-state index contributed by atoms with van der Waals surface area (Å²) in [6.45, 7) is 1.94. The lowest BCUT2D eigenvalue weighted by Crippen LogP contribution is -2.08. The monoisotopic (exact) mass is 360 g/mol. The maximum atomic E-state index is 5.82. The molecule has 1 saturated heterocycles. The zero-order valence-electron chi connectivity index (χ0n) is 14.2. The largest absolute Gasteiger partial charge is 0.493 e. The first-order valence-corrected chi connectivity index (χ1v) is 8.65. The van der Waals surface area contributed by atoms with Gasteiger partial charge in [-0.05, 0) is 42.7 Å². The number of benzene rings is 1. The van der Waals surface area contributed by atoms with E-state index in [2.05, 4.69) is 9.98 Å². The van der Waals surface area contributed by atoms with Gasteiger partial charge in [0.25, 0.3) is 0 Å². The first kappa shape index (κ1) is 17.7. The van der Waals surface area contributed by atoms with Gasteiger partial charge in [-0.3, -0.25) is 4.99 Å². The summed E-state index contributed by atoms with van der Waals surface area (Å²) in [7, 11) is 1.62. The Kier molecular flexibility index (Phi) is 6.25. The van der Waals surface area contributed by atoms with Crippen molar-refractivity contribution in [2.24, 2.45) is 4.99 Å². The van der Waals surface area contributed by atoms with E-state index in [4.69, 9.17) is 25.8 Å². The Bertz CT molecular complexity index is 713. The highest BCUT2D eigenvalue weighted by molar-refractivity contribution is 6.29. The molecular formula is C19H21ClN2O3. The molecule has 0 amide bonds. The first-order valence-electron chi connectivity index (χ1n) is 8.27. The molecule has 0 saturated carbocycles. The second-order valence-corrected chi connectivity index (χ2v) is 6.20. The molecule has 1 aliphatic rings. The Morgan fingerprint density at radius 2 is 2.24 bits per heavy atom. The SMILES string of the molecule is COc1cc(C=NC[C@@H]2CCCO2)ccc1OCc1ccc(Cl)nc1. The fraction of sp³-hybridized carbons (Fsp3) is 0.368. The van der Waals surface area contributed by atoms with Crippen LogP contribution in [-0.4, -0.2) is 37.6 Å². The minimum absolute atomic E-state index is 0.258. The third-order valence-corrected chi connectivity index (χ3v) is 4.17. The third kappa shape index (κ3) is 5.18. The average molecular weight is 361 g/mol. The van der Waals surface area contributed by atoms with E-state index >= 15 is 0 Å². The maximum Gasteiger partial charge on any atom is 0.161 e. The summed E-state index contributed by atoms with van der Waals surface area (Å²) in [6, 6.07) is 9.38. The van der Waals surface area contributed by atoms with Crippen molar-refractivity contribution in [2.75, 3.05) is 20.3 Å². The van der Waals surface area contributed by atoms with E-state index in [0.29, 0.717) is 29.8 Å². The summed E-state index contributed by atoms with van der Waals surface area (Å²) in [5.41, 5.74) is 1.91. The topological polar surface area (TPSA) is 52.9 Å². The van der Waals surface area contributed by atoms with Crippen LogP contribution in [0.5, 0.6) is 11.5 Å². The van der Waals surface area contributed by atoms with E-state index in [0.717, 1.165) is 30.6 Å². The van der Waals surface area contributed by atoms with Crippen molar-refractivity contribution in [1.82, 2.24) is 4.98 Å². The van der Waals surface area contributed by atoms with Crippen molar-refractivity contribution in [2.45, 2.75) is 25.6 Å². The van der Waals surface area contributed by atoms with Crippen LogP contribution < -0.4 is 9.47 Å². The Hall–Kier alpha value is -2.11. The van der Waals surface area contributed by atoms with Crippen LogP contribution in [0.25, 0.3) is 0 Å². The van der Waals surface area contributed by atoms with Crippen LogP contribution in [0, 0.1) is 0 Å².